The fourth-order valence-electron chi connectivity index (χ4n) is 2.74. The topological polar surface area (TPSA) is 45.2 Å². The summed E-state index contributed by atoms with van der Waals surface area (Å²) in [7, 11) is 0. The van der Waals surface area contributed by atoms with E-state index in [9.17, 15) is 0 Å². The molecule has 0 atom stereocenters. The van der Waals surface area contributed by atoms with Crippen molar-refractivity contribution in [1.82, 2.24) is 15.0 Å². The van der Waals surface area contributed by atoms with E-state index in [0.717, 1.165) is 42.6 Å². The molecule has 1 aromatic carbocycles. The van der Waals surface area contributed by atoms with Crippen LogP contribution in [0, 0.1) is 6.92 Å². The molecule has 0 N–H and O–H groups in total. The number of fused-ring (bicyclic) bond motifs is 1. The molecule has 1 saturated heterocycles. The molecular weight excluding hydrogens is 294 g/mol. The van der Waals surface area contributed by atoms with Crippen molar-refractivity contribution in [2.45, 2.75) is 6.92 Å². The molecule has 4 rings (SSSR count). The number of anilines is 2. The minimum atomic E-state index is 0.952. The molecule has 0 spiro atoms. The molecule has 5 nitrogen and oxygen atoms in total. The van der Waals surface area contributed by atoms with Gasteiger partial charge in [-0.05, 0) is 24.6 Å². The van der Waals surface area contributed by atoms with Gasteiger partial charge in [0.2, 0.25) is 0 Å². The zero-order valence-electron chi connectivity index (χ0n) is 12.4. The Morgan fingerprint density at radius 1 is 1.05 bits per heavy atom. The first kappa shape index (κ1) is 13.5. The average molecular weight is 311 g/mol. The highest BCUT2D eigenvalue weighted by Crippen LogP contribution is 2.30. The van der Waals surface area contributed by atoms with Crippen LogP contribution in [0.15, 0.2) is 36.8 Å². The van der Waals surface area contributed by atoms with Gasteiger partial charge in [0.25, 0.3) is 0 Å². The standard InChI is InChI=1S/C16H17N5S/c1-12-2-3-13-14(10-12)22-16(19-13)21-8-6-20(7-9-21)15-11-17-4-5-18-15/h2-5,10-11H,6-9H2,1H3. The normalized spacial score (nSPS) is 15.5. The van der Waals surface area contributed by atoms with Crippen LogP contribution in [0.1, 0.15) is 5.56 Å². The summed E-state index contributed by atoms with van der Waals surface area (Å²) in [6, 6.07) is 6.45. The third kappa shape index (κ3) is 2.50. The van der Waals surface area contributed by atoms with E-state index in [1.807, 2.05) is 6.20 Å². The molecule has 3 aromatic rings. The molecule has 6 heteroatoms. The van der Waals surface area contributed by atoms with Crippen LogP contribution in [0.25, 0.3) is 10.2 Å². The highest BCUT2D eigenvalue weighted by atomic mass is 32.1. The van der Waals surface area contributed by atoms with Gasteiger partial charge in [-0.15, -0.1) is 0 Å². The second kappa shape index (κ2) is 5.53. The predicted octanol–water partition coefficient (Wildman–Crippen LogP) is 2.72. The lowest BCUT2D eigenvalue weighted by Gasteiger charge is -2.34. The van der Waals surface area contributed by atoms with E-state index in [0.29, 0.717) is 0 Å². The van der Waals surface area contributed by atoms with Crippen LogP contribution in [0.3, 0.4) is 0 Å². The van der Waals surface area contributed by atoms with Gasteiger partial charge in [-0.2, -0.15) is 0 Å². The average Bonchev–Trinajstić information content (AvgIpc) is 2.99. The molecule has 1 aliphatic rings. The number of thiazole rings is 1. The molecule has 112 valence electrons. The van der Waals surface area contributed by atoms with E-state index < -0.39 is 0 Å². The van der Waals surface area contributed by atoms with E-state index in [1.54, 1.807) is 23.7 Å². The number of hydrogen-bond acceptors (Lipinski definition) is 6. The highest BCUT2D eigenvalue weighted by molar-refractivity contribution is 7.22. The van der Waals surface area contributed by atoms with Gasteiger partial charge in [0.15, 0.2) is 5.13 Å². The van der Waals surface area contributed by atoms with Crippen molar-refractivity contribution < 1.29 is 0 Å². The number of hydrogen-bond donors (Lipinski definition) is 0. The molecule has 0 bridgehead atoms. The maximum Gasteiger partial charge on any atom is 0.186 e. The van der Waals surface area contributed by atoms with Crippen LogP contribution in [-0.2, 0) is 0 Å². The lowest BCUT2D eigenvalue weighted by atomic mass is 10.2. The first-order valence-corrected chi connectivity index (χ1v) is 8.24. The van der Waals surface area contributed by atoms with Gasteiger partial charge < -0.3 is 9.80 Å². The Labute approximate surface area is 133 Å². The Morgan fingerprint density at radius 3 is 2.64 bits per heavy atom. The van der Waals surface area contributed by atoms with E-state index in [-0.39, 0.29) is 0 Å². The monoisotopic (exact) mass is 311 g/mol. The molecular formula is C16H17N5S. The van der Waals surface area contributed by atoms with Gasteiger partial charge >= 0.3 is 0 Å². The van der Waals surface area contributed by atoms with Crippen molar-refractivity contribution in [2.24, 2.45) is 0 Å². The fraction of sp³-hybridized carbons (Fsp3) is 0.312. The fourth-order valence-corrected chi connectivity index (χ4v) is 3.85. The Bertz CT molecular complexity index is 778. The van der Waals surface area contributed by atoms with Crippen molar-refractivity contribution in [3.05, 3.63) is 42.4 Å². The molecule has 0 saturated carbocycles. The van der Waals surface area contributed by atoms with Crippen molar-refractivity contribution >= 4 is 32.5 Å². The third-order valence-corrected chi connectivity index (χ3v) is 5.04. The molecule has 2 aromatic heterocycles. The first-order chi connectivity index (χ1) is 10.8. The number of rotatable bonds is 2. The molecule has 0 amide bonds. The maximum atomic E-state index is 4.77. The largest absolute Gasteiger partial charge is 0.352 e. The van der Waals surface area contributed by atoms with Crippen LogP contribution >= 0.6 is 11.3 Å². The van der Waals surface area contributed by atoms with E-state index >= 15 is 0 Å². The number of nitrogens with zero attached hydrogens (tertiary/aromatic N) is 5. The summed E-state index contributed by atoms with van der Waals surface area (Å²) >= 11 is 1.78. The van der Waals surface area contributed by atoms with Gasteiger partial charge in [0, 0.05) is 38.6 Å². The molecule has 22 heavy (non-hydrogen) atoms. The minimum Gasteiger partial charge on any atom is -0.352 e. The van der Waals surface area contributed by atoms with E-state index in [1.165, 1.54) is 10.3 Å². The Hall–Kier alpha value is -2.21. The van der Waals surface area contributed by atoms with Crippen LogP contribution in [0.4, 0.5) is 10.9 Å². The summed E-state index contributed by atoms with van der Waals surface area (Å²) in [5.41, 5.74) is 2.39. The molecule has 1 fully saturated rings. The second-order valence-electron chi connectivity index (χ2n) is 5.51. The summed E-state index contributed by atoms with van der Waals surface area (Å²) in [5.74, 6) is 0.960. The SMILES string of the molecule is Cc1ccc2nc(N3CCN(c4cnccn4)CC3)sc2c1. The van der Waals surface area contributed by atoms with Gasteiger partial charge in [-0.1, -0.05) is 17.4 Å². The lowest BCUT2D eigenvalue weighted by Crippen LogP contribution is -2.46. The van der Waals surface area contributed by atoms with Crippen LogP contribution in [-0.4, -0.2) is 41.1 Å². The minimum absolute atomic E-state index is 0.952. The molecule has 1 aliphatic heterocycles. The highest BCUT2D eigenvalue weighted by Gasteiger charge is 2.20. The predicted molar refractivity (Wildman–Crippen MR) is 90.8 cm³/mol. The Balaban J connectivity index is 1.50. The summed E-state index contributed by atoms with van der Waals surface area (Å²) in [6.45, 7) is 5.96. The number of benzene rings is 1. The summed E-state index contributed by atoms with van der Waals surface area (Å²) < 4.78 is 1.27. The number of aromatic nitrogens is 3. The van der Waals surface area contributed by atoms with E-state index in [4.69, 9.17) is 4.98 Å². The lowest BCUT2D eigenvalue weighted by molar-refractivity contribution is 0.645. The zero-order valence-corrected chi connectivity index (χ0v) is 13.3. The third-order valence-electron chi connectivity index (χ3n) is 3.96. The Kier molecular flexibility index (Phi) is 3.38. The van der Waals surface area contributed by atoms with Crippen molar-refractivity contribution in [3.8, 4) is 0 Å². The smallest absolute Gasteiger partial charge is 0.186 e. The zero-order chi connectivity index (χ0) is 14.9. The molecule has 3 heterocycles. The maximum absolute atomic E-state index is 4.77. The van der Waals surface area contributed by atoms with Crippen LogP contribution in [0.2, 0.25) is 0 Å². The van der Waals surface area contributed by atoms with Gasteiger partial charge in [0.1, 0.15) is 5.82 Å². The van der Waals surface area contributed by atoms with Crippen molar-refractivity contribution in [2.75, 3.05) is 36.0 Å². The summed E-state index contributed by atoms with van der Waals surface area (Å²) in [5, 5.41) is 1.12. The van der Waals surface area contributed by atoms with Gasteiger partial charge in [0.05, 0.1) is 16.4 Å². The Morgan fingerprint density at radius 2 is 1.86 bits per heavy atom. The second-order valence-corrected chi connectivity index (χ2v) is 6.51. The number of aryl methyl sites for hydroxylation is 1. The molecule has 0 radical (unpaired) electrons. The van der Waals surface area contributed by atoms with Crippen LogP contribution in [0.5, 0.6) is 0 Å². The van der Waals surface area contributed by atoms with E-state index in [2.05, 4.69) is 44.9 Å². The van der Waals surface area contributed by atoms with Crippen molar-refractivity contribution in [3.63, 3.8) is 0 Å². The van der Waals surface area contributed by atoms with Crippen molar-refractivity contribution in [1.29, 1.82) is 0 Å². The molecule has 0 unspecified atom stereocenters. The van der Waals surface area contributed by atoms with Gasteiger partial charge in [-0.3, -0.25) is 4.98 Å². The number of piperazine rings is 1. The summed E-state index contributed by atoms with van der Waals surface area (Å²) in [6.07, 6.45) is 5.29. The summed E-state index contributed by atoms with van der Waals surface area (Å²) in [4.78, 5) is 17.9. The molecule has 0 aliphatic carbocycles. The van der Waals surface area contributed by atoms with Gasteiger partial charge in [-0.25, -0.2) is 9.97 Å². The van der Waals surface area contributed by atoms with Crippen LogP contribution < -0.4 is 9.80 Å². The first-order valence-electron chi connectivity index (χ1n) is 7.43. The quantitative estimate of drug-likeness (QED) is 0.728.